The number of rotatable bonds is 2. The van der Waals surface area contributed by atoms with Crippen molar-refractivity contribution in [2.75, 3.05) is 0 Å². The zero-order chi connectivity index (χ0) is 13.4. The van der Waals surface area contributed by atoms with E-state index in [-0.39, 0.29) is 17.2 Å². The largest absolute Gasteiger partial charge is 0.480 e. The smallest absolute Gasteiger partial charge is 0.337 e. The first-order valence-corrected chi connectivity index (χ1v) is 5.57. The molecule has 0 unspecified atom stereocenters. The molecule has 0 bridgehead atoms. The van der Waals surface area contributed by atoms with E-state index in [1.165, 1.54) is 12.3 Å². The number of hydrogen-bond acceptors (Lipinski definition) is 4. The number of aromatic hydroxyl groups is 1. The van der Waals surface area contributed by atoms with Crippen molar-refractivity contribution in [2.24, 2.45) is 0 Å². The normalized spacial score (nSPS) is 10.7. The van der Waals surface area contributed by atoms with E-state index in [2.05, 4.69) is 4.98 Å². The fourth-order valence-corrected chi connectivity index (χ4v) is 1.97. The molecule has 5 heteroatoms. The molecule has 0 amide bonds. The number of benzene rings is 1. The van der Waals surface area contributed by atoms with Crippen LogP contribution in [-0.2, 0) is 0 Å². The van der Waals surface area contributed by atoms with Crippen molar-refractivity contribution < 1.29 is 19.4 Å². The Balaban J connectivity index is 2.31. The standard InChI is InChI=1S/C14H9NO4/c16-13(17)9-6-10-11(8-4-2-1-3-5-8)14(18)19-12(10)15-7-9/h1-7,18H,(H,16,17). The molecule has 0 saturated heterocycles. The molecule has 0 saturated carbocycles. The van der Waals surface area contributed by atoms with Gasteiger partial charge in [-0.05, 0) is 11.6 Å². The van der Waals surface area contributed by atoms with Gasteiger partial charge in [0.15, 0.2) is 0 Å². The summed E-state index contributed by atoms with van der Waals surface area (Å²) in [6, 6.07) is 10.5. The highest BCUT2D eigenvalue weighted by Gasteiger charge is 2.18. The summed E-state index contributed by atoms with van der Waals surface area (Å²) in [5.41, 5.74) is 1.45. The second-order valence-corrected chi connectivity index (χ2v) is 4.03. The van der Waals surface area contributed by atoms with Crippen LogP contribution in [0.25, 0.3) is 22.2 Å². The van der Waals surface area contributed by atoms with Crippen LogP contribution < -0.4 is 0 Å². The highest BCUT2D eigenvalue weighted by molar-refractivity contribution is 5.99. The molecule has 3 aromatic rings. The molecular weight excluding hydrogens is 246 g/mol. The van der Waals surface area contributed by atoms with Crippen molar-refractivity contribution in [1.82, 2.24) is 4.98 Å². The van der Waals surface area contributed by atoms with E-state index in [0.717, 1.165) is 5.56 Å². The number of pyridine rings is 1. The van der Waals surface area contributed by atoms with Crippen molar-refractivity contribution in [3.63, 3.8) is 0 Å². The number of hydrogen-bond donors (Lipinski definition) is 2. The van der Waals surface area contributed by atoms with Crippen molar-refractivity contribution in [3.8, 4) is 17.1 Å². The molecule has 0 fully saturated rings. The highest BCUT2D eigenvalue weighted by Crippen LogP contribution is 2.38. The van der Waals surface area contributed by atoms with Crippen molar-refractivity contribution in [2.45, 2.75) is 0 Å². The molecule has 0 aliphatic carbocycles. The molecular formula is C14H9NO4. The summed E-state index contributed by atoms with van der Waals surface area (Å²) in [6.45, 7) is 0. The van der Waals surface area contributed by atoms with Gasteiger partial charge in [-0.15, -0.1) is 0 Å². The van der Waals surface area contributed by atoms with E-state index in [0.29, 0.717) is 10.9 Å². The first-order chi connectivity index (χ1) is 9.16. The SMILES string of the molecule is O=C(O)c1cnc2oc(O)c(-c3ccccc3)c2c1. The third kappa shape index (κ3) is 1.81. The summed E-state index contributed by atoms with van der Waals surface area (Å²) < 4.78 is 5.14. The van der Waals surface area contributed by atoms with Gasteiger partial charge >= 0.3 is 5.97 Å². The average Bonchev–Trinajstić information content (AvgIpc) is 2.74. The summed E-state index contributed by atoms with van der Waals surface area (Å²) in [6.07, 6.45) is 1.20. The van der Waals surface area contributed by atoms with E-state index in [1.54, 1.807) is 12.1 Å². The molecule has 19 heavy (non-hydrogen) atoms. The van der Waals surface area contributed by atoms with E-state index in [4.69, 9.17) is 9.52 Å². The number of carboxylic acids is 1. The fraction of sp³-hybridized carbons (Fsp3) is 0. The predicted molar refractivity (Wildman–Crippen MR) is 68.1 cm³/mol. The summed E-state index contributed by atoms with van der Waals surface area (Å²) in [7, 11) is 0. The maximum atomic E-state index is 11.0. The molecule has 0 atom stereocenters. The van der Waals surface area contributed by atoms with Gasteiger partial charge in [0, 0.05) is 6.20 Å². The Morgan fingerprint density at radius 2 is 1.95 bits per heavy atom. The summed E-state index contributed by atoms with van der Waals surface area (Å²) in [4.78, 5) is 14.9. The minimum atomic E-state index is -1.07. The minimum absolute atomic E-state index is 0.0467. The van der Waals surface area contributed by atoms with Crippen LogP contribution in [0.2, 0.25) is 0 Å². The van der Waals surface area contributed by atoms with E-state index >= 15 is 0 Å². The van der Waals surface area contributed by atoms with E-state index in [9.17, 15) is 9.90 Å². The molecule has 94 valence electrons. The van der Waals surface area contributed by atoms with Gasteiger partial charge in [0.2, 0.25) is 5.71 Å². The molecule has 5 nitrogen and oxygen atoms in total. The number of aromatic nitrogens is 1. The Morgan fingerprint density at radius 3 is 2.63 bits per heavy atom. The van der Waals surface area contributed by atoms with Crippen LogP contribution >= 0.6 is 0 Å². The lowest BCUT2D eigenvalue weighted by Crippen LogP contribution is -1.96. The van der Waals surface area contributed by atoms with Gasteiger partial charge in [-0.2, -0.15) is 0 Å². The lowest BCUT2D eigenvalue weighted by atomic mass is 10.0. The third-order valence-electron chi connectivity index (χ3n) is 2.84. The number of fused-ring (bicyclic) bond motifs is 1. The van der Waals surface area contributed by atoms with Gasteiger partial charge in [-0.25, -0.2) is 9.78 Å². The van der Waals surface area contributed by atoms with Crippen LogP contribution in [0.3, 0.4) is 0 Å². The molecule has 2 N–H and O–H groups in total. The maximum absolute atomic E-state index is 11.0. The third-order valence-corrected chi connectivity index (χ3v) is 2.84. The van der Waals surface area contributed by atoms with Crippen LogP contribution in [0, 0.1) is 0 Å². The van der Waals surface area contributed by atoms with Crippen molar-refractivity contribution in [1.29, 1.82) is 0 Å². The Bertz CT molecular complexity index is 762. The minimum Gasteiger partial charge on any atom is -0.480 e. The Kier molecular flexibility index (Phi) is 2.45. The molecule has 0 radical (unpaired) electrons. The molecule has 3 rings (SSSR count). The van der Waals surface area contributed by atoms with Gasteiger partial charge < -0.3 is 14.6 Å². The maximum Gasteiger partial charge on any atom is 0.337 e. The summed E-state index contributed by atoms with van der Waals surface area (Å²) in [5, 5.41) is 19.3. The molecule has 0 aliphatic rings. The van der Waals surface area contributed by atoms with Crippen LogP contribution in [-0.4, -0.2) is 21.2 Å². The lowest BCUT2D eigenvalue weighted by molar-refractivity contribution is 0.0696. The van der Waals surface area contributed by atoms with E-state index in [1.807, 2.05) is 18.2 Å². The van der Waals surface area contributed by atoms with Gasteiger partial charge in [0.05, 0.1) is 16.5 Å². The Morgan fingerprint density at radius 1 is 1.21 bits per heavy atom. The first kappa shape index (κ1) is 11.3. The van der Waals surface area contributed by atoms with E-state index < -0.39 is 5.97 Å². The van der Waals surface area contributed by atoms with Crippen LogP contribution in [0.4, 0.5) is 0 Å². The summed E-state index contributed by atoms with van der Waals surface area (Å²) in [5.74, 6) is -1.34. The Labute approximate surface area is 107 Å². The zero-order valence-electron chi connectivity index (χ0n) is 9.70. The van der Waals surface area contributed by atoms with Crippen molar-refractivity contribution >= 4 is 17.1 Å². The monoisotopic (exact) mass is 255 g/mol. The van der Waals surface area contributed by atoms with Crippen LogP contribution in [0.1, 0.15) is 10.4 Å². The van der Waals surface area contributed by atoms with Crippen LogP contribution in [0.5, 0.6) is 5.95 Å². The number of carbonyl (C=O) groups is 1. The number of furan rings is 1. The molecule has 0 spiro atoms. The number of nitrogens with zero attached hydrogens (tertiary/aromatic N) is 1. The molecule has 2 heterocycles. The molecule has 2 aromatic heterocycles. The topological polar surface area (TPSA) is 83.6 Å². The van der Waals surface area contributed by atoms with Gasteiger partial charge in [-0.1, -0.05) is 30.3 Å². The Hall–Kier alpha value is -2.82. The summed E-state index contributed by atoms with van der Waals surface area (Å²) >= 11 is 0. The zero-order valence-corrected chi connectivity index (χ0v) is 9.70. The first-order valence-electron chi connectivity index (χ1n) is 5.57. The number of carboxylic acid groups (broad SMARTS) is 1. The lowest BCUT2D eigenvalue weighted by Gasteiger charge is -1.99. The van der Waals surface area contributed by atoms with Gasteiger partial charge in [0.1, 0.15) is 0 Å². The predicted octanol–water partition coefficient (Wildman–Crippen LogP) is 2.90. The van der Waals surface area contributed by atoms with Gasteiger partial charge in [-0.3, -0.25) is 0 Å². The molecule has 1 aromatic carbocycles. The number of aromatic carboxylic acids is 1. The highest BCUT2D eigenvalue weighted by atomic mass is 16.5. The average molecular weight is 255 g/mol. The van der Waals surface area contributed by atoms with Crippen molar-refractivity contribution in [3.05, 3.63) is 48.2 Å². The van der Waals surface area contributed by atoms with Gasteiger partial charge in [0.25, 0.3) is 5.95 Å². The fourth-order valence-electron chi connectivity index (χ4n) is 1.97. The second-order valence-electron chi connectivity index (χ2n) is 4.03. The quantitative estimate of drug-likeness (QED) is 0.735. The molecule has 0 aliphatic heterocycles. The van der Waals surface area contributed by atoms with Crippen LogP contribution in [0.15, 0.2) is 47.0 Å². The second kappa shape index (κ2) is 4.13.